The third kappa shape index (κ3) is 8.75. The van der Waals surface area contributed by atoms with Gasteiger partial charge in [0.05, 0.1) is 12.7 Å². The molecule has 0 heterocycles. The van der Waals surface area contributed by atoms with Crippen LogP contribution in [0.3, 0.4) is 0 Å². The topological polar surface area (TPSA) is 18.5 Å². The molecule has 0 aromatic rings. The number of hydrogen-bond donors (Lipinski definition) is 0. The second-order valence-electron chi connectivity index (χ2n) is 4.84. The molecule has 0 rings (SSSR count). The lowest BCUT2D eigenvalue weighted by Gasteiger charge is -2.27. The standard InChI is InChI=1S/C15H26O2/c1-7-9-14(10-8-2)17-15(5,6)11-12-16-13(3)4/h7-10,13H,1,11-12H2,2-6H3/b10-8-,14-9+. The predicted molar refractivity (Wildman–Crippen MR) is 74.0 cm³/mol. The summed E-state index contributed by atoms with van der Waals surface area (Å²) in [6.07, 6.45) is 8.62. The summed E-state index contributed by atoms with van der Waals surface area (Å²) in [5, 5.41) is 0. The summed E-state index contributed by atoms with van der Waals surface area (Å²) < 4.78 is 11.5. The van der Waals surface area contributed by atoms with Gasteiger partial charge in [-0.15, -0.1) is 0 Å². The Hall–Kier alpha value is -1.02. The zero-order chi connectivity index (χ0) is 13.3. The Morgan fingerprint density at radius 2 is 2.00 bits per heavy atom. The van der Waals surface area contributed by atoms with Gasteiger partial charge in [-0.25, -0.2) is 0 Å². The second kappa shape index (κ2) is 8.13. The highest BCUT2D eigenvalue weighted by molar-refractivity contribution is 5.17. The monoisotopic (exact) mass is 238 g/mol. The molecule has 0 aliphatic rings. The maximum Gasteiger partial charge on any atom is 0.119 e. The van der Waals surface area contributed by atoms with E-state index in [9.17, 15) is 0 Å². The fourth-order valence-electron chi connectivity index (χ4n) is 1.31. The third-order valence-electron chi connectivity index (χ3n) is 2.16. The molecule has 0 aliphatic carbocycles. The van der Waals surface area contributed by atoms with E-state index in [0.717, 1.165) is 12.2 Å². The van der Waals surface area contributed by atoms with E-state index in [1.807, 2.05) is 39.0 Å². The highest BCUT2D eigenvalue weighted by Gasteiger charge is 2.20. The largest absolute Gasteiger partial charge is 0.488 e. The summed E-state index contributed by atoms with van der Waals surface area (Å²) in [6, 6.07) is 0. The molecule has 2 heteroatoms. The summed E-state index contributed by atoms with van der Waals surface area (Å²) in [7, 11) is 0. The van der Waals surface area contributed by atoms with Crippen LogP contribution in [0.2, 0.25) is 0 Å². The minimum Gasteiger partial charge on any atom is -0.488 e. The van der Waals surface area contributed by atoms with Gasteiger partial charge in [0.1, 0.15) is 11.4 Å². The summed E-state index contributed by atoms with van der Waals surface area (Å²) in [6.45, 7) is 14.6. The molecular formula is C15H26O2. The van der Waals surface area contributed by atoms with Gasteiger partial charge in [-0.05, 0) is 46.8 Å². The van der Waals surface area contributed by atoms with Gasteiger partial charge in [-0.3, -0.25) is 0 Å². The van der Waals surface area contributed by atoms with Crippen molar-refractivity contribution in [2.24, 2.45) is 0 Å². The number of ether oxygens (including phenoxy) is 2. The van der Waals surface area contributed by atoms with E-state index >= 15 is 0 Å². The Morgan fingerprint density at radius 3 is 2.47 bits per heavy atom. The van der Waals surface area contributed by atoms with Crippen LogP contribution < -0.4 is 0 Å². The van der Waals surface area contributed by atoms with Gasteiger partial charge in [-0.1, -0.05) is 18.7 Å². The average Bonchev–Trinajstić information content (AvgIpc) is 2.16. The van der Waals surface area contributed by atoms with E-state index in [-0.39, 0.29) is 11.7 Å². The van der Waals surface area contributed by atoms with E-state index in [0.29, 0.717) is 6.61 Å². The van der Waals surface area contributed by atoms with Crippen LogP contribution in [0, 0.1) is 0 Å². The van der Waals surface area contributed by atoms with Gasteiger partial charge in [0.15, 0.2) is 0 Å². The zero-order valence-electron chi connectivity index (χ0n) is 11.8. The van der Waals surface area contributed by atoms with Crippen LogP contribution >= 0.6 is 0 Å². The number of rotatable bonds is 8. The van der Waals surface area contributed by atoms with Crippen LogP contribution in [0.4, 0.5) is 0 Å². The van der Waals surface area contributed by atoms with Gasteiger partial charge in [0, 0.05) is 6.42 Å². The van der Waals surface area contributed by atoms with E-state index in [1.54, 1.807) is 6.08 Å². The van der Waals surface area contributed by atoms with Crippen molar-refractivity contribution >= 4 is 0 Å². The molecule has 0 unspecified atom stereocenters. The molecular weight excluding hydrogens is 212 g/mol. The molecule has 0 saturated heterocycles. The molecule has 0 aromatic heterocycles. The SMILES string of the molecule is C=C/C=C(\C=C/C)OC(C)(C)CCOC(C)C. The maximum absolute atomic E-state index is 5.92. The molecule has 0 radical (unpaired) electrons. The molecule has 0 fully saturated rings. The van der Waals surface area contributed by atoms with Crippen molar-refractivity contribution < 1.29 is 9.47 Å². The highest BCUT2D eigenvalue weighted by Crippen LogP contribution is 2.20. The van der Waals surface area contributed by atoms with Crippen LogP contribution in [0.1, 0.15) is 41.0 Å². The quantitative estimate of drug-likeness (QED) is 0.465. The number of hydrogen-bond acceptors (Lipinski definition) is 2. The summed E-state index contributed by atoms with van der Waals surface area (Å²) in [5.74, 6) is 0.831. The van der Waals surface area contributed by atoms with Gasteiger partial charge in [0.2, 0.25) is 0 Å². The number of allylic oxidation sites excluding steroid dienone is 4. The van der Waals surface area contributed by atoms with Crippen LogP contribution in [0.25, 0.3) is 0 Å². The smallest absolute Gasteiger partial charge is 0.119 e. The fourth-order valence-corrected chi connectivity index (χ4v) is 1.31. The van der Waals surface area contributed by atoms with Crippen molar-refractivity contribution in [3.63, 3.8) is 0 Å². The lowest BCUT2D eigenvalue weighted by atomic mass is 10.1. The van der Waals surface area contributed by atoms with E-state index < -0.39 is 0 Å². The van der Waals surface area contributed by atoms with Crippen molar-refractivity contribution in [1.82, 2.24) is 0 Å². The first-order valence-electron chi connectivity index (χ1n) is 6.17. The van der Waals surface area contributed by atoms with E-state index in [4.69, 9.17) is 9.47 Å². The predicted octanol–water partition coefficient (Wildman–Crippen LogP) is 4.24. The highest BCUT2D eigenvalue weighted by atomic mass is 16.5. The molecule has 0 aromatic carbocycles. The Kier molecular flexibility index (Phi) is 7.64. The van der Waals surface area contributed by atoms with Crippen molar-refractivity contribution in [1.29, 1.82) is 0 Å². The molecule has 0 saturated carbocycles. The maximum atomic E-state index is 5.92. The van der Waals surface area contributed by atoms with Crippen LogP contribution in [-0.2, 0) is 9.47 Å². The first kappa shape index (κ1) is 16.0. The van der Waals surface area contributed by atoms with Gasteiger partial charge in [0.25, 0.3) is 0 Å². The Morgan fingerprint density at radius 1 is 1.35 bits per heavy atom. The van der Waals surface area contributed by atoms with Crippen LogP contribution in [0.5, 0.6) is 0 Å². The van der Waals surface area contributed by atoms with E-state index in [1.165, 1.54) is 0 Å². The van der Waals surface area contributed by atoms with E-state index in [2.05, 4.69) is 20.4 Å². The summed E-state index contributed by atoms with van der Waals surface area (Å²) in [5.41, 5.74) is -0.233. The molecule has 17 heavy (non-hydrogen) atoms. The normalized spacial score (nSPS) is 13.4. The lowest BCUT2D eigenvalue weighted by Crippen LogP contribution is -2.26. The van der Waals surface area contributed by atoms with Crippen molar-refractivity contribution in [2.75, 3.05) is 6.61 Å². The molecule has 0 amide bonds. The summed E-state index contributed by atoms with van der Waals surface area (Å²) in [4.78, 5) is 0. The van der Waals surface area contributed by atoms with Gasteiger partial charge < -0.3 is 9.47 Å². The lowest BCUT2D eigenvalue weighted by molar-refractivity contribution is -0.00825. The summed E-state index contributed by atoms with van der Waals surface area (Å²) >= 11 is 0. The Labute approximate surface area is 106 Å². The van der Waals surface area contributed by atoms with Crippen LogP contribution in [0.15, 0.2) is 36.6 Å². The molecule has 0 atom stereocenters. The first-order valence-corrected chi connectivity index (χ1v) is 6.17. The second-order valence-corrected chi connectivity index (χ2v) is 4.84. The molecule has 98 valence electrons. The minimum absolute atomic E-state index is 0.233. The molecule has 0 N–H and O–H groups in total. The van der Waals surface area contributed by atoms with Gasteiger partial charge in [-0.2, -0.15) is 0 Å². The fraction of sp³-hybridized carbons (Fsp3) is 0.600. The Balaban J connectivity index is 4.29. The Bertz CT molecular complexity index is 273. The molecule has 2 nitrogen and oxygen atoms in total. The molecule has 0 aliphatic heterocycles. The molecule has 0 spiro atoms. The van der Waals surface area contributed by atoms with Gasteiger partial charge >= 0.3 is 0 Å². The first-order chi connectivity index (χ1) is 7.91. The zero-order valence-corrected chi connectivity index (χ0v) is 11.8. The third-order valence-corrected chi connectivity index (χ3v) is 2.16. The van der Waals surface area contributed by atoms with Crippen molar-refractivity contribution in [2.45, 2.75) is 52.7 Å². The van der Waals surface area contributed by atoms with Crippen LogP contribution in [-0.4, -0.2) is 18.3 Å². The minimum atomic E-state index is -0.233. The van der Waals surface area contributed by atoms with Crippen molar-refractivity contribution in [3.8, 4) is 0 Å². The van der Waals surface area contributed by atoms with Crippen molar-refractivity contribution in [3.05, 3.63) is 36.6 Å². The average molecular weight is 238 g/mol. The molecule has 0 bridgehead atoms.